The number of nitro benzene ring substituents is 1. The lowest BCUT2D eigenvalue weighted by atomic mass is 10.1. The Morgan fingerprint density at radius 3 is 2.41 bits per heavy atom. The first-order chi connectivity index (χ1) is 10.4. The van der Waals surface area contributed by atoms with Gasteiger partial charge in [-0.1, -0.05) is 18.2 Å². The van der Waals surface area contributed by atoms with Crippen LogP contribution < -0.4 is 5.43 Å². The van der Waals surface area contributed by atoms with Gasteiger partial charge in [-0.05, 0) is 23.8 Å². The minimum absolute atomic E-state index is 0.0882. The second-order valence-electron chi connectivity index (χ2n) is 4.30. The van der Waals surface area contributed by atoms with Gasteiger partial charge in [0.05, 0.1) is 22.4 Å². The van der Waals surface area contributed by atoms with Gasteiger partial charge in [0, 0.05) is 12.1 Å². The molecule has 0 spiro atoms. The summed E-state index contributed by atoms with van der Waals surface area (Å²) in [7, 11) is 0. The van der Waals surface area contributed by atoms with E-state index in [0.717, 1.165) is 12.1 Å². The molecule has 0 saturated heterocycles. The molecule has 22 heavy (non-hydrogen) atoms. The molecule has 0 unspecified atom stereocenters. The summed E-state index contributed by atoms with van der Waals surface area (Å²) in [5.41, 5.74) is 2.61. The number of alkyl halides is 3. The highest BCUT2D eigenvalue weighted by Gasteiger charge is 2.29. The van der Waals surface area contributed by atoms with Gasteiger partial charge in [0.25, 0.3) is 5.69 Å². The predicted molar refractivity (Wildman–Crippen MR) is 75.8 cm³/mol. The number of rotatable bonds is 4. The second-order valence-corrected chi connectivity index (χ2v) is 4.30. The summed E-state index contributed by atoms with van der Waals surface area (Å²) in [4.78, 5) is 10.1. The molecule has 0 aliphatic heterocycles. The molecule has 0 amide bonds. The zero-order valence-electron chi connectivity index (χ0n) is 11.0. The van der Waals surface area contributed by atoms with Crippen LogP contribution in [0.25, 0.3) is 0 Å². The quantitative estimate of drug-likeness (QED) is 0.526. The van der Waals surface area contributed by atoms with Crippen LogP contribution in [0.1, 0.15) is 11.1 Å². The maximum absolute atomic E-state index is 12.4. The van der Waals surface area contributed by atoms with Crippen LogP contribution in [0, 0.1) is 10.1 Å². The van der Waals surface area contributed by atoms with Crippen molar-refractivity contribution < 1.29 is 18.1 Å². The molecule has 0 radical (unpaired) electrons. The van der Waals surface area contributed by atoms with E-state index in [-0.39, 0.29) is 5.69 Å². The van der Waals surface area contributed by atoms with Gasteiger partial charge in [-0.25, -0.2) is 0 Å². The van der Waals surface area contributed by atoms with E-state index >= 15 is 0 Å². The van der Waals surface area contributed by atoms with Gasteiger partial charge >= 0.3 is 6.18 Å². The largest absolute Gasteiger partial charge is 0.416 e. The van der Waals surface area contributed by atoms with Gasteiger partial charge < -0.3 is 0 Å². The lowest BCUT2D eigenvalue weighted by molar-refractivity contribution is -0.384. The van der Waals surface area contributed by atoms with Crippen molar-refractivity contribution >= 4 is 17.6 Å². The number of nitrogens with one attached hydrogen (secondary N) is 1. The molecule has 8 heteroatoms. The predicted octanol–water partition coefficient (Wildman–Crippen LogP) is 4.06. The molecular formula is C14H10F3N3O2. The van der Waals surface area contributed by atoms with E-state index in [4.69, 9.17) is 0 Å². The first-order valence-corrected chi connectivity index (χ1v) is 6.07. The third kappa shape index (κ3) is 4.05. The molecule has 0 aliphatic rings. The van der Waals surface area contributed by atoms with Crippen LogP contribution in [0.4, 0.5) is 24.5 Å². The van der Waals surface area contributed by atoms with Crippen molar-refractivity contribution in [2.45, 2.75) is 6.18 Å². The van der Waals surface area contributed by atoms with E-state index in [0.29, 0.717) is 11.3 Å². The third-order valence-electron chi connectivity index (χ3n) is 2.70. The zero-order chi connectivity index (χ0) is 16.2. The van der Waals surface area contributed by atoms with Gasteiger partial charge in [-0.2, -0.15) is 18.3 Å². The molecule has 2 rings (SSSR count). The minimum atomic E-state index is -4.38. The van der Waals surface area contributed by atoms with E-state index in [1.165, 1.54) is 36.5 Å². The van der Waals surface area contributed by atoms with E-state index in [1.54, 1.807) is 6.07 Å². The molecule has 114 valence electrons. The summed E-state index contributed by atoms with van der Waals surface area (Å²) in [6.45, 7) is 0. The molecule has 0 aliphatic carbocycles. The highest BCUT2D eigenvalue weighted by molar-refractivity contribution is 5.80. The van der Waals surface area contributed by atoms with Crippen LogP contribution >= 0.6 is 0 Å². The fourth-order valence-electron chi connectivity index (χ4n) is 1.63. The Bertz CT molecular complexity index is 697. The maximum atomic E-state index is 12.4. The molecule has 0 fully saturated rings. The van der Waals surface area contributed by atoms with E-state index in [2.05, 4.69) is 10.5 Å². The topological polar surface area (TPSA) is 67.5 Å². The third-order valence-corrected chi connectivity index (χ3v) is 2.70. The van der Waals surface area contributed by atoms with Crippen LogP contribution in [0.15, 0.2) is 53.6 Å². The standard InChI is InChI=1S/C14H10F3N3O2/c15-14(16,17)11-6-4-10(5-7-11)9-18-19-12-2-1-3-13(8-12)20(21)22/h1-9,19H. The van der Waals surface area contributed by atoms with E-state index < -0.39 is 16.7 Å². The molecule has 0 aromatic heterocycles. The lowest BCUT2D eigenvalue weighted by Gasteiger charge is -2.05. The molecule has 0 atom stereocenters. The highest BCUT2D eigenvalue weighted by Crippen LogP contribution is 2.28. The van der Waals surface area contributed by atoms with E-state index in [1.807, 2.05) is 0 Å². The van der Waals surface area contributed by atoms with Gasteiger partial charge in [-0.3, -0.25) is 15.5 Å². The van der Waals surface area contributed by atoms with Crippen LogP contribution in [0.2, 0.25) is 0 Å². The van der Waals surface area contributed by atoms with Crippen molar-refractivity contribution in [2.75, 3.05) is 5.43 Å². The smallest absolute Gasteiger partial charge is 0.278 e. The van der Waals surface area contributed by atoms with Crippen LogP contribution in [-0.4, -0.2) is 11.1 Å². The first-order valence-electron chi connectivity index (χ1n) is 6.07. The summed E-state index contributed by atoms with van der Waals surface area (Å²) in [6.07, 6.45) is -3.06. The van der Waals surface area contributed by atoms with Crippen molar-refractivity contribution in [2.24, 2.45) is 5.10 Å². The van der Waals surface area contributed by atoms with Gasteiger partial charge in [0.2, 0.25) is 0 Å². The molecule has 1 N–H and O–H groups in total. The SMILES string of the molecule is O=[N+]([O-])c1cccc(NN=Cc2ccc(C(F)(F)F)cc2)c1. The maximum Gasteiger partial charge on any atom is 0.416 e. The Morgan fingerprint density at radius 2 is 1.82 bits per heavy atom. The molecule has 0 bridgehead atoms. The fourth-order valence-corrected chi connectivity index (χ4v) is 1.63. The van der Waals surface area contributed by atoms with Gasteiger partial charge in [0.15, 0.2) is 0 Å². The number of benzene rings is 2. The zero-order valence-corrected chi connectivity index (χ0v) is 11.0. The van der Waals surface area contributed by atoms with Crippen LogP contribution in [-0.2, 0) is 6.18 Å². The minimum Gasteiger partial charge on any atom is -0.278 e. The summed E-state index contributed by atoms with van der Waals surface area (Å²) in [5, 5.41) is 14.4. The Hall–Kier alpha value is -2.90. The number of hydrogen-bond donors (Lipinski definition) is 1. The van der Waals surface area contributed by atoms with Crippen molar-refractivity contribution in [3.05, 3.63) is 69.8 Å². The van der Waals surface area contributed by atoms with E-state index in [9.17, 15) is 23.3 Å². The Balaban J connectivity index is 2.03. The molecule has 0 saturated carbocycles. The normalized spacial score (nSPS) is 11.6. The van der Waals surface area contributed by atoms with Crippen molar-refractivity contribution in [3.8, 4) is 0 Å². The van der Waals surface area contributed by atoms with Gasteiger partial charge in [0.1, 0.15) is 0 Å². The summed E-state index contributed by atoms with van der Waals surface area (Å²) in [5.74, 6) is 0. The van der Waals surface area contributed by atoms with Crippen molar-refractivity contribution in [1.29, 1.82) is 0 Å². The number of nitrogens with zero attached hydrogens (tertiary/aromatic N) is 2. The summed E-state index contributed by atoms with van der Waals surface area (Å²) >= 11 is 0. The number of non-ortho nitro benzene ring substituents is 1. The van der Waals surface area contributed by atoms with Crippen LogP contribution in [0.5, 0.6) is 0 Å². The number of halogens is 3. The Labute approximate surface area is 123 Å². The molecule has 2 aromatic carbocycles. The number of hydrazone groups is 1. The Kier molecular flexibility index (Phi) is 4.40. The number of nitro groups is 1. The van der Waals surface area contributed by atoms with Crippen molar-refractivity contribution in [3.63, 3.8) is 0 Å². The average molecular weight is 309 g/mol. The number of hydrogen-bond acceptors (Lipinski definition) is 4. The number of anilines is 1. The average Bonchev–Trinajstić information content (AvgIpc) is 2.47. The first kappa shape index (κ1) is 15.5. The molecular weight excluding hydrogens is 299 g/mol. The second kappa shape index (κ2) is 6.25. The highest BCUT2D eigenvalue weighted by atomic mass is 19.4. The molecule has 5 nitrogen and oxygen atoms in total. The lowest BCUT2D eigenvalue weighted by Crippen LogP contribution is -2.04. The summed E-state index contributed by atoms with van der Waals surface area (Å²) in [6, 6.07) is 10.2. The van der Waals surface area contributed by atoms with Crippen molar-refractivity contribution in [1.82, 2.24) is 0 Å². The molecule has 0 heterocycles. The Morgan fingerprint density at radius 1 is 1.14 bits per heavy atom. The fraction of sp³-hybridized carbons (Fsp3) is 0.0714. The summed E-state index contributed by atoms with van der Waals surface area (Å²) < 4.78 is 37.2. The monoisotopic (exact) mass is 309 g/mol. The van der Waals surface area contributed by atoms with Crippen LogP contribution in [0.3, 0.4) is 0 Å². The molecule has 2 aromatic rings. The van der Waals surface area contributed by atoms with Gasteiger partial charge in [-0.15, -0.1) is 0 Å².